The van der Waals surface area contributed by atoms with Crippen LogP contribution in [0.25, 0.3) is 11.0 Å². The van der Waals surface area contributed by atoms with Gasteiger partial charge in [-0.05, 0) is 12.1 Å². The largest absolute Gasteiger partial charge is 0.337 e. The summed E-state index contributed by atoms with van der Waals surface area (Å²) in [6, 6.07) is 13.8. The number of H-pyrrole nitrogens is 1. The van der Waals surface area contributed by atoms with Gasteiger partial charge in [-0.25, -0.2) is 4.98 Å². The second kappa shape index (κ2) is 5.96. The molecule has 22 heavy (non-hydrogen) atoms. The molecule has 0 aliphatic rings. The van der Waals surface area contributed by atoms with Crippen LogP contribution < -0.4 is 0 Å². The normalized spacial score (nSPS) is 11.6. The molecule has 1 heterocycles. The maximum Gasteiger partial charge on any atom is 0.270 e. The lowest BCUT2D eigenvalue weighted by atomic mass is 10.2. The number of aromatic amines is 1. The number of fused-ring (bicyclic) bond motifs is 1. The van der Waals surface area contributed by atoms with Crippen LogP contribution in [0.3, 0.4) is 0 Å². The number of benzene rings is 2. The van der Waals surface area contributed by atoms with Crippen LogP contribution in [0, 0.1) is 10.1 Å². The molecule has 0 unspecified atom stereocenters. The fourth-order valence-corrected chi connectivity index (χ4v) is 1.94. The first kappa shape index (κ1) is 13.6. The molecule has 0 bridgehead atoms. The number of imidazole rings is 1. The van der Waals surface area contributed by atoms with Gasteiger partial charge < -0.3 is 4.98 Å². The molecule has 0 spiro atoms. The summed E-state index contributed by atoms with van der Waals surface area (Å²) in [6.07, 6.45) is 2.94. The fourth-order valence-electron chi connectivity index (χ4n) is 1.94. The Morgan fingerprint density at radius 3 is 2.73 bits per heavy atom. The Morgan fingerprint density at radius 2 is 1.91 bits per heavy atom. The summed E-state index contributed by atoms with van der Waals surface area (Å²) in [6.45, 7) is 0. The summed E-state index contributed by atoms with van der Waals surface area (Å²) in [7, 11) is 0. The van der Waals surface area contributed by atoms with Crippen molar-refractivity contribution in [1.29, 1.82) is 0 Å². The Labute approximate surface area is 125 Å². The van der Waals surface area contributed by atoms with Crippen molar-refractivity contribution in [2.24, 2.45) is 10.2 Å². The van der Waals surface area contributed by atoms with Crippen LogP contribution in [0.15, 0.2) is 58.7 Å². The molecule has 1 aromatic heterocycles. The fraction of sp³-hybridized carbons (Fsp3) is 0. The highest BCUT2D eigenvalue weighted by molar-refractivity contribution is 5.85. The molecule has 0 fully saturated rings. The molecule has 0 amide bonds. The van der Waals surface area contributed by atoms with Gasteiger partial charge in [0.25, 0.3) is 5.69 Å². The lowest BCUT2D eigenvalue weighted by molar-refractivity contribution is -0.384. The van der Waals surface area contributed by atoms with E-state index in [9.17, 15) is 10.1 Å². The monoisotopic (exact) mass is 293 g/mol. The van der Waals surface area contributed by atoms with Gasteiger partial charge in [0, 0.05) is 17.7 Å². The van der Waals surface area contributed by atoms with Crippen molar-refractivity contribution in [2.75, 3.05) is 0 Å². The van der Waals surface area contributed by atoms with Crippen molar-refractivity contribution in [1.82, 2.24) is 9.97 Å². The number of hydrogen-bond donors (Lipinski definition) is 1. The van der Waals surface area contributed by atoms with Crippen molar-refractivity contribution >= 4 is 29.1 Å². The van der Waals surface area contributed by atoms with Crippen LogP contribution in [0.1, 0.15) is 11.4 Å². The van der Waals surface area contributed by atoms with Crippen molar-refractivity contribution in [3.8, 4) is 0 Å². The van der Waals surface area contributed by atoms with Crippen LogP contribution in [-0.4, -0.2) is 27.3 Å². The third kappa shape index (κ3) is 3.04. The van der Waals surface area contributed by atoms with E-state index in [0.717, 1.165) is 11.0 Å². The molecule has 0 radical (unpaired) electrons. The SMILES string of the molecule is O=[N+]([O-])c1cccc(/C=N\N=C/c2nc3ccccc3[nH]2)c1. The summed E-state index contributed by atoms with van der Waals surface area (Å²) in [5.74, 6) is 0.595. The predicted molar refractivity (Wildman–Crippen MR) is 84.4 cm³/mol. The maximum absolute atomic E-state index is 10.7. The van der Waals surface area contributed by atoms with E-state index in [1.165, 1.54) is 24.6 Å². The van der Waals surface area contributed by atoms with E-state index in [0.29, 0.717) is 11.4 Å². The van der Waals surface area contributed by atoms with E-state index in [1.54, 1.807) is 12.1 Å². The molecule has 2 aromatic carbocycles. The average molecular weight is 293 g/mol. The van der Waals surface area contributed by atoms with Gasteiger partial charge in [-0.2, -0.15) is 10.2 Å². The first-order valence-electron chi connectivity index (χ1n) is 6.48. The van der Waals surface area contributed by atoms with E-state index in [4.69, 9.17) is 0 Å². The summed E-state index contributed by atoms with van der Waals surface area (Å²) < 4.78 is 0. The molecule has 3 rings (SSSR count). The zero-order valence-corrected chi connectivity index (χ0v) is 11.4. The van der Waals surface area contributed by atoms with Gasteiger partial charge in [0.05, 0.1) is 28.4 Å². The standard InChI is InChI=1S/C15H11N5O2/c21-20(22)12-5-3-4-11(8-12)9-16-17-10-15-18-13-6-1-2-7-14(13)19-15/h1-10H,(H,18,19)/b16-9-,17-10-. The Kier molecular flexibility index (Phi) is 3.69. The molecule has 0 atom stereocenters. The predicted octanol–water partition coefficient (Wildman–Crippen LogP) is 2.92. The molecule has 3 aromatic rings. The minimum Gasteiger partial charge on any atom is -0.337 e. The number of nitro benzene ring substituents is 1. The van der Waals surface area contributed by atoms with Crippen molar-refractivity contribution < 1.29 is 4.92 Å². The van der Waals surface area contributed by atoms with Gasteiger partial charge in [0.2, 0.25) is 0 Å². The lowest BCUT2D eigenvalue weighted by Gasteiger charge is -1.92. The van der Waals surface area contributed by atoms with E-state index >= 15 is 0 Å². The molecule has 7 nitrogen and oxygen atoms in total. The summed E-state index contributed by atoms with van der Waals surface area (Å²) in [4.78, 5) is 17.6. The summed E-state index contributed by atoms with van der Waals surface area (Å²) in [5.41, 5.74) is 2.40. The summed E-state index contributed by atoms with van der Waals surface area (Å²) >= 11 is 0. The molecule has 1 N–H and O–H groups in total. The number of non-ortho nitro benzene ring substituents is 1. The van der Waals surface area contributed by atoms with Gasteiger partial charge in [0.15, 0.2) is 5.82 Å². The van der Waals surface area contributed by atoms with Crippen LogP contribution in [0.2, 0.25) is 0 Å². The average Bonchev–Trinajstić information content (AvgIpc) is 2.94. The molecule has 0 saturated carbocycles. The number of nitrogens with zero attached hydrogens (tertiary/aromatic N) is 4. The van der Waals surface area contributed by atoms with E-state index in [-0.39, 0.29) is 5.69 Å². The van der Waals surface area contributed by atoms with Gasteiger partial charge in [0.1, 0.15) is 0 Å². The molecular formula is C15H11N5O2. The molecular weight excluding hydrogens is 282 g/mol. The maximum atomic E-state index is 10.7. The Bertz CT molecular complexity index is 849. The second-order valence-corrected chi connectivity index (χ2v) is 4.48. The minimum atomic E-state index is -0.449. The Morgan fingerprint density at radius 1 is 1.09 bits per heavy atom. The number of nitrogens with one attached hydrogen (secondary N) is 1. The quantitative estimate of drug-likeness (QED) is 0.455. The van der Waals surface area contributed by atoms with Crippen LogP contribution >= 0.6 is 0 Å². The number of para-hydroxylation sites is 2. The highest BCUT2D eigenvalue weighted by Gasteiger charge is 2.03. The van der Waals surface area contributed by atoms with E-state index in [2.05, 4.69) is 20.2 Å². The third-order valence-electron chi connectivity index (χ3n) is 2.94. The van der Waals surface area contributed by atoms with Crippen molar-refractivity contribution in [2.45, 2.75) is 0 Å². The highest BCUT2D eigenvalue weighted by Crippen LogP contribution is 2.11. The summed E-state index contributed by atoms with van der Waals surface area (Å²) in [5, 5.41) is 18.4. The zero-order chi connectivity index (χ0) is 15.4. The Hall–Kier alpha value is -3.35. The molecule has 0 aliphatic carbocycles. The number of nitro groups is 1. The first-order valence-corrected chi connectivity index (χ1v) is 6.48. The topological polar surface area (TPSA) is 96.5 Å². The van der Waals surface area contributed by atoms with Crippen molar-refractivity contribution in [3.63, 3.8) is 0 Å². The first-order chi connectivity index (χ1) is 10.7. The smallest absolute Gasteiger partial charge is 0.270 e. The van der Waals surface area contributed by atoms with Crippen LogP contribution in [-0.2, 0) is 0 Å². The van der Waals surface area contributed by atoms with Gasteiger partial charge >= 0.3 is 0 Å². The highest BCUT2D eigenvalue weighted by atomic mass is 16.6. The molecule has 7 heteroatoms. The van der Waals surface area contributed by atoms with Gasteiger partial charge in [-0.15, -0.1) is 0 Å². The third-order valence-corrected chi connectivity index (χ3v) is 2.94. The van der Waals surface area contributed by atoms with Crippen molar-refractivity contribution in [3.05, 3.63) is 70.0 Å². The van der Waals surface area contributed by atoms with E-state index in [1.807, 2.05) is 24.3 Å². The second-order valence-electron chi connectivity index (χ2n) is 4.48. The molecule has 108 valence electrons. The van der Waals surface area contributed by atoms with Crippen LogP contribution in [0.5, 0.6) is 0 Å². The lowest BCUT2D eigenvalue weighted by Crippen LogP contribution is -1.89. The number of rotatable bonds is 4. The van der Waals surface area contributed by atoms with Gasteiger partial charge in [-0.3, -0.25) is 10.1 Å². The zero-order valence-electron chi connectivity index (χ0n) is 11.4. The Balaban J connectivity index is 1.73. The minimum absolute atomic E-state index is 0.0187. The number of hydrogen-bond acceptors (Lipinski definition) is 5. The van der Waals surface area contributed by atoms with Gasteiger partial charge in [-0.1, -0.05) is 24.3 Å². The molecule has 0 aliphatic heterocycles. The number of aromatic nitrogens is 2. The van der Waals surface area contributed by atoms with E-state index < -0.39 is 4.92 Å². The van der Waals surface area contributed by atoms with Crippen LogP contribution in [0.4, 0.5) is 5.69 Å². The molecule has 0 saturated heterocycles.